The van der Waals surface area contributed by atoms with Crippen molar-refractivity contribution in [3.8, 4) is 0 Å². The Bertz CT molecular complexity index is 459. The van der Waals surface area contributed by atoms with E-state index < -0.39 is 0 Å². The van der Waals surface area contributed by atoms with E-state index in [1.54, 1.807) is 11.8 Å². The van der Waals surface area contributed by atoms with E-state index in [1.165, 1.54) is 25.7 Å². The SMILES string of the molecule is CCCCCCCN1C(=O)CS/C1=N/c1ccccc1. The molecule has 0 aliphatic carbocycles. The van der Waals surface area contributed by atoms with Crippen LogP contribution in [0.15, 0.2) is 35.3 Å². The van der Waals surface area contributed by atoms with Crippen LogP contribution in [0.3, 0.4) is 0 Å². The van der Waals surface area contributed by atoms with Gasteiger partial charge in [-0.25, -0.2) is 4.99 Å². The van der Waals surface area contributed by atoms with Crippen LogP contribution >= 0.6 is 11.8 Å². The zero-order chi connectivity index (χ0) is 14.2. The fourth-order valence-corrected chi connectivity index (χ4v) is 3.12. The molecule has 20 heavy (non-hydrogen) atoms. The molecule has 3 nitrogen and oxygen atoms in total. The number of unbranched alkanes of at least 4 members (excludes halogenated alkanes) is 4. The molecule has 1 aliphatic rings. The lowest BCUT2D eigenvalue weighted by Crippen LogP contribution is -2.30. The minimum absolute atomic E-state index is 0.195. The summed E-state index contributed by atoms with van der Waals surface area (Å²) in [6.45, 7) is 3.02. The maximum Gasteiger partial charge on any atom is 0.239 e. The van der Waals surface area contributed by atoms with E-state index in [0.29, 0.717) is 5.75 Å². The number of carbonyl (C=O) groups is 1. The standard InChI is InChI=1S/C16H22N2OS/c1-2-3-4-5-9-12-18-15(19)13-20-16(18)17-14-10-7-6-8-11-14/h6-8,10-11H,2-5,9,12-13H2,1H3/b17-16+. The molecule has 0 spiro atoms. The number of rotatable bonds is 7. The molecule has 1 aromatic rings. The topological polar surface area (TPSA) is 32.7 Å². The number of hydrogen-bond donors (Lipinski definition) is 0. The summed E-state index contributed by atoms with van der Waals surface area (Å²) in [6.07, 6.45) is 6.06. The first-order valence-electron chi connectivity index (χ1n) is 7.38. The monoisotopic (exact) mass is 290 g/mol. The molecule has 4 heteroatoms. The minimum atomic E-state index is 0.195. The highest BCUT2D eigenvalue weighted by molar-refractivity contribution is 8.15. The third-order valence-corrected chi connectivity index (χ3v) is 4.28. The first-order valence-corrected chi connectivity index (χ1v) is 8.36. The average Bonchev–Trinajstić information content (AvgIpc) is 2.81. The number of thioether (sulfide) groups is 1. The first kappa shape index (κ1) is 15.1. The van der Waals surface area contributed by atoms with E-state index in [9.17, 15) is 4.79 Å². The predicted molar refractivity (Wildman–Crippen MR) is 86.5 cm³/mol. The van der Waals surface area contributed by atoms with Gasteiger partial charge >= 0.3 is 0 Å². The number of aliphatic imine (C=N–C) groups is 1. The van der Waals surface area contributed by atoms with Gasteiger partial charge in [-0.1, -0.05) is 62.6 Å². The maximum atomic E-state index is 11.9. The van der Waals surface area contributed by atoms with Gasteiger partial charge in [-0.05, 0) is 18.6 Å². The molecule has 1 amide bonds. The zero-order valence-corrected chi connectivity index (χ0v) is 12.9. The van der Waals surface area contributed by atoms with Crippen molar-refractivity contribution in [2.75, 3.05) is 12.3 Å². The first-order chi connectivity index (χ1) is 9.81. The minimum Gasteiger partial charge on any atom is -0.291 e. The van der Waals surface area contributed by atoms with Gasteiger partial charge in [-0.15, -0.1) is 0 Å². The van der Waals surface area contributed by atoms with Gasteiger partial charge in [-0.2, -0.15) is 0 Å². The fraction of sp³-hybridized carbons (Fsp3) is 0.500. The van der Waals surface area contributed by atoms with E-state index in [1.807, 2.05) is 35.2 Å². The quantitative estimate of drug-likeness (QED) is 0.704. The molecule has 0 aromatic heterocycles. The number of amidine groups is 1. The van der Waals surface area contributed by atoms with Crippen molar-refractivity contribution in [2.45, 2.75) is 39.0 Å². The second kappa shape index (κ2) is 8.10. The smallest absolute Gasteiger partial charge is 0.239 e. The number of carbonyl (C=O) groups excluding carboxylic acids is 1. The van der Waals surface area contributed by atoms with Gasteiger partial charge in [-0.3, -0.25) is 9.69 Å². The summed E-state index contributed by atoms with van der Waals surface area (Å²) < 4.78 is 0. The fourth-order valence-electron chi connectivity index (χ4n) is 2.19. The molecule has 1 aliphatic heterocycles. The lowest BCUT2D eigenvalue weighted by molar-refractivity contribution is -0.124. The van der Waals surface area contributed by atoms with Crippen LogP contribution < -0.4 is 0 Å². The third kappa shape index (κ3) is 4.37. The van der Waals surface area contributed by atoms with Crippen molar-refractivity contribution < 1.29 is 4.79 Å². The Hall–Kier alpha value is -1.29. The van der Waals surface area contributed by atoms with Crippen molar-refractivity contribution in [2.24, 2.45) is 4.99 Å². The van der Waals surface area contributed by atoms with Crippen LogP contribution in [0, 0.1) is 0 Å². The molecular weight excluding hydrogens is 268 g/mol. The largest absolute Gasteiger partial charge is 0.291 e. The summed E-state index contributed by atoms with van der Waals surface area (Å²) in [5, 5.41) is 0.858. The summed E-state index contributed by atoms with van der Waals surface area (Å²) in [4.78, 5) is 18.4. The molecule has 1 fully saturated rings. The van der Waals surface area contributed by atoms with E-state index in [-0.39, 0.29) is 5.91 Å². The van der Waals surface area contributed by atoms with Crippen molar-refractivity contribution in [3.63, 3.8) is 0 Å². The summed E-state index contributed by atoms with van der Waals surface area (Å²) in [5.74, 6) is 0.723. The van der Waals surface area contributed by atoms with Crippen molar-refractivity contribution in [1.82, 2.24) is 4.90 Å². The number of nitrogens with zero attached hydrogens (tertiary/aromatic N) is 2. The van der Waals surface area contributed by atoms with E-state index >= 15 is 0 Å². The van der Waals surface area contributed by atoms with Crippen molar-refractivity contribution in [3.05, 3.63) is 30.3 Å². The van der Waals surface area contributed by atoms with Crippen LogP contribution in [0.25, 0.3) is 0 Å². The molecule has 1 aromatic carbocycles. The molecule has 0 bridgehead atoms. The van der Waals surface area contributed by atoms with Gasteiger partial charge in [0.25, 0.3) is 0 Å². The lowest BCUT2D eigenvalue weighted by atomic mass is 10.1. The third-order valence-electron chi connectivity index (χ3n) is 3.32. The highest BCUT2D eigenvalue weighted by Gasteiger charge is 2.27. The van der Waals surface area contributed by atoms with Gasteiger partial charge < -0.3 is 0 Å². The van der Waals surface area contributed by atoms with Crippen LogP contribution in [0.5, 0.6) is 0 Å². The molecular formula is C16H22N2OS. The molecule has 0 radical (unpaired) electrons. The molecule has 2 rings (SSSR count). The summed E-state index contributed by atoms with van der Waals surface area (Å²) >= 11 is 1.55. The van der Waals surface area contributed by atoms with Gasteiger partial charge in [0.05, 0.1) is 11.4 Å². The molecule has 0 N–H and O–H groups in total. The van der Waals surface area contributed by atoms with Crippen molar-refractivity contribution >= 4 is 28.5 Å². The Balaban J connectivity index is 1.91. The van der Waals surface area contributed by atoms with Crippen LogP contribution in [0.2, 0.25) is 0 Å². The van der Waals surface area contributed by atoms with Gasteiger partial charge in [0, 0.05) is 6.54 Å². The summed E-state index contributed by atoms with van der Waals surface area (Å²) in [7, 11) is 0. The van der Waals surface area contributed by atoms with Crippen LogP contribution in [-0.4, -0.2) is 28.3 Å². The van der Waals surface area contributed by atoms with E-state index in [0.717, 1.165) is 23.8 Å². The number of benzene rings is 1. The summed E-state index contributed by atoms with van der Waals surface area (Å²) in [5.41, 5.74) is 0.917. The maximum absolute atomic E-state index is 11.9. The van der Waals surface area contributed by atoms with Gasteiger partial charge in [0.1, 0.15) is 0 Å². The zero-order valence-electron chi connectivity index (χ0n) is 12.0. The Labute approximate surface area is 125 Å². The Morgan fingerprint density at radius 1 is 1.15 bits per heavy atom. The molecule has 108 valence electrons. The average molecular weight is 290 g/mol. The van der Waals surface area contributed by atoms with Crippen LogP contribution in [0.1, 0.15) is 39.0 Å². The molecule has 1 saturated heterocycles. The lowest BCUT2D eigenvalue weighted by Gasteiger charge is -2.15. The highest BCUT2D eigenvalue weighted by Crippen LogP contribution is 2.24. The van der Waals surface area contributed by atoms with Gasteiger partial charge in [0.2, 0.25) is 5.91 Å². The van der Waals surface area contributed by atoms with E-state index in [2.05, 4.69) is 11.9 Å². The molecule has 0 saturated carbocycles. The second-order valence-corrected chi connectivity index (χ2v) is 5.92. The number of amides is 1. The second-order valence-electron chi connectivity index (χ2n) is 4.98. The Morgan fingerprint density at radius 2 is 1.90 bits per heavy atom. The number of hydrogen-bond acceptors (Lipinski definition) is 3. The normalized spacial score (nSPS) is 17.1. The Kier molecular flexibility index (Phi) is 6.12. The Morgan fingerprint density at radius 3 is 2.65 bits per heavy atom. The van der Waals surface area contributed by atoms with Crippen LogP contribution in [0.4, 0.5) is 5.69 Å². The van der Waals surface area contributed by atoms with Gasteiger partial charge in [0.15, 0.2) is 5.17 Å². The predicted octanol–water partition coefficient (Wildman–Crippen LogP) is 4.22. The molecule has 0 atom stereocenters. The molecule has 1 heterocycles. The molecule has 0 unspecified atom stereocenters. The van der Waals surface area contributed by atoms with Crippen LogP contribution in [-0.2, 0) is 4.79 Å². The van der Waals surface area contributed by atoms with E-state index in [4.69, 9.17) is 0 Å². The van der Waals surface area contributed by atoms with Crippen molar-refractivity contribution in [1.29, 1.82) is 0 Å². The highest BCUT2D eigenvalue weighted by atomic mass is 32.2. The number of para-hydroxylation sites is 1. The summed E-state index contributed by atoms with van der Waals surface area (Å²) in [6, 6.07) is 9.85.